The summed E-state index contributed by atoms with van der Waals surface area (Å²) in [6.45, 7) is 1.90. The van der Waals surface area contributed by atoms with Gasteiger partial charge in [-0.05, 0) is 47.0 Å². The van der Waals surface area contributed by atoms with Gasteiger partial charge in [0.25, 0.3) is 0 Å². The number of benzene rings is 1. The largest absolute Gasteiger partial charge is 0.368 e. The molecule has 0 amide bonds. The Kier molecular flexibility index (Phi) is 4.12. The van der Waals surface area contributed by atoms with Gasteiger partial charge in [-0.25, -0.2) is 0 Å². The Morgan fingerprint density at radius 3 is 2.67 bits per heavy atom. The lowest BCUT2D eigenvalue weighted by molar-refractivity contribution is 0.887. The predicted molar refractivity (Wildman–Crippen MR) is 88.1 cm³/mol. The molecule has 1 fully saturated rings. The summed E-state index contributed by atoms with van der Waals surface area (Å²) in [7, 11) is 0. The van der Waals surface area contributed by atoms with Crippen LogP contribution in [0.1, 0.15) is 12.8 Å². The summed E-state index contributed by atoms with van der Waals surface area (Å²) in [6.07, 6.45) is 2.30. The molecule has 0 bridgehead atoms. The van der Waals surface area contributed by atoms with Gasteiger partial charge in [-0.3, -0.25) is 0 Å². The maximum atomic E-state index is 6.07. The first-order chi connectivity index (χ1) is 10.1. The Bertz CT molecular complexity index is 659. The van der Waals surface area contributed by atoms with Crippen LogP contribution in [-0.4, -0.2) is 28.0 Å². The number of halogens is 2. The number of nitrogen functional groups attached to an aromatic ring is 1. The monoisotopic (exact) mass is 368 g/mol. The smallest absolute Gasteiger partial charge is 0.233 e. The minimum Gasteiger partial charge on any atom is -0.368 e. The molecule has 1 aromatic heterocycles. The average molecular weight is 370 g/mol. The molecule has 3 rings (SSSR count). The minimum absolute atomic E-state index is 0.206. The van der Waals surface area contributed by atoms with Crippen molar-refractivity contribution >= 4 is 51.1 Å². The van der Waals surface area contributed by atoms with Gasteiger partial charge in [-0.15, -0.1) is 0 Å². The number of nitrogens with zero attached hydrogens (tertiary/aromatic N) is 4. The molecule has 110 valence electrons. The van der Waals surface area contributed by atoms with Crippen molar-refractivity contribution in [2.24, 2.45) is 0 Å². The van der Waals surface area contributed by atoms with E-state index in [4.69, 9.17) is 17.3 Å². The first-order valence-corrected chi connectivity index (χ1v) is 7.77. The molecule has 1 saturated heterocycles. The first kappa shape index (κ1) is 14.3. The normalized spacial score (nSPS) is 14.5. The van der Waals surface area contributed by atoms with Crippen molar-refractivity contribution in [2.45, 2.75) is 12.8 Å². The summed E-state index contributed by atoms with van der Waals surface area (Å²) in [5.41, 5.74) is 6.56. The second-order valence-electron chi connectivity index (χ2n) is 4.77. The standard InChI is InChI=1S/C13H14BrClN6/c14-9-4-3-8(7-10(9)15)17-12-18-11(16)19-13(20-12)21-5-1-2-6-21/h3-4,7H,1-2,5-6H2,(H3,16,17,18,19,20). The van der Waals surface area contributed by atoms with E-state index in [-0.39, 0.29) is 5.95 Å². The number of nitrogens with one attached hydrogen (secondary N) is 1. The van der Waals surface area contributed by atoms with E-state index in [1.54, 1.807) is 6.07 Å². The van der Waals surface area contributed by atoms with Gasteiger partial charge >= 0.3 is 0 Å². The van der Waals surface area contributed by atoms with Crippen LogP contribution < -0.4 is 16.0 Å². The van der Waals surface area contributed by atoms with Gasteiger partial charge in [0.2, 0.25) is 17.8 Å². The van der Waals surface area contributed by atoms with Crippen molar-refractivity contribution in [3.8, 4) is 0 Å². The van der Waals surface area contributed by atoms with E-state index >= 15 is 0 Å². The van der Waals surface area contributed by atoms with Gasteiger partial charge in [0.15, 0.2) is 0 Å². The second-order valence-corrected chi connectivity index (χ2v) is 6.03. The summed E-state index contributed by atoms with van der Waals surface area (Å²) in [4.78, 5) is 14.8. The molecule has 1 aliphatic rings. The third-order valence-corrected chi connectivity index (χ3v) is 4.44. The van der Waals surface area contributed by atoms with E-state index in [0.29, 0.717) is 16.9 Å². The number of rotatable bonds is 3. The lowest BCUT2D eigenvalue weighted by atomic mass is 10.3. The lowest BCUT2D eigenvalue weighted by Gasteiger charge is -2.16. The zero-order valence-electron chi connectivity index (χ0n) is 11.2. The topological polar surface area (TPSA) is 80.0 Å². The number of nitrogens with two attached hydrogens (primary N) is 1. The van der Waals surface area contributed by atoms with Crippen LogP contribution >= 0.6 is 27.5 Å². The Morgan fingerprint density at radius 2 is 1.95 bits per heavy atom. The summed E-state index contributed by atoms with van der Waals surface area (Å²) in [5, 5.41) is 3.72. The van der Waals surface area contributed by atoms with Crippen LogP contribution in [0.25, 0.3) is 0 Å². The van der Waals surface area contributed by atoms with Crippen molar-refractivity contribution in [1.82, 2.24) is 15.0 Å². The van der Waals surface area contributed by atoms with E-state index in [9.17, 15) is 0 Å². The molecule has 0 saturated carbocycles. The first-order valence-electron chi connectivity index (χ1n) is 6.60. The number of hydrogen-bond donors (Lipinski definition) is 2. The average Bonchev–Trinajstić information content (AvgIpc) is 2.96. The van der Waals surface area contributed by atoms with Crippen molar-refractivity contribution < 1.29 is 0 Å². The van der Waals surface area contributed by atoms with Gasteiger partial charge in [0, 0.05) is 23.2 Å². The van der Waals surface area contributed by atoms with Crippen molar-refractivity contribution in [3.63, 3.8) is 0 Å². The van der Waals surface area contributed by atoms with E-state index in [0.717, 1.165) is 36.1 Å². The number of aromatic nitrogens is 3. The zero-order valence-corrected chi connectivity index (χ0v) is 13.5. The molecule has 2 aromatic rings. The molecule has 1 aliphatic heterocycles. The van der Waals surface area contributed by atoms with Gasteiger partial charge in [0.05, 0.1) is 5.02 Å². The van der Waals surface area contributed by atoms with Crippen molar-refractivity contribution in [3.05, 3.63) is 27.7 Å². The van der Waals surface area contributed by atoms with Crippen LogP contribution in [0.4, 0.5) is 23.5 Å². The fourth-order valence-corrected chi connectivity index (χ4v) is 2.63. The molecule has 2 heterocycles. The molecule has 0 unspecified atom stereocenters. The molecular formula is C13H14BrClN6. The minimum atomic E-state index is 0.206. The third kappa shape index (κ3) is 3.36. The van der Waals surface area contributed by atoms with Gasteiger partial charge in [-0.2, -0.15) is 15.0 Å². The van der Waals surface area contributed by atoms with Crippen molar-refractivity contribution in [2.75, 3.05) is 29.0 Å². The van der Waals surface area contributed by atoms with E-state index in [1.165, 1.54) is 0 Å². The molecule has 21 heavy (non-hydrogen) atoms. The van der Waals surface area contributed by atoms with Crippen LogP contribution in [0.3, 0.4) is 0 Å². The molecule has 0 spiro atoms. The maximum absolute atomic E-state index is 6.07. The highest BCUT2D eigenvalue weighted by Crippen LogP contribution is 2.27. The van der Waals surface area contributed by atoms with E-state index in [1.807, 2.05) is 12.1 Å². The van der Waals surface area contributed by atoms with Gasteiger partial charge < -0.3 is 16.0 Å². The predicted octanol–water partition coefficient (Wildman–Crippen LogP) is 3.21. The molecule has 8 heteroatoms. The number of hydrogen-bond acceptors (Lipinski definition) is 6. The Balaban J connectivity index is 1.85. The Morgan fingerprint density at radius 1 is 1.19 bits per heavy atom. The van der Waals surface area contributed by atoms with Crippen LogP contribution in [0, 0.1) is 0 Å². The number of anilines is 4. The van der Waals surface area contributed by atoms with Crippen LogP contribution in [0.15, 0.2) is 22.7 Å². The molecule has 1 aromatic carbocycles. The highest BCUT2D eigenvalue weighted by atomic mass is 79.9. The lowest BCUT2D eigenvalue weighted by Crippen LogP contribution is -2.21. The molecular weight excluding hydrogens is 356 g/mol. The molecule has 3 N–H and O–H groups in total. The molecule has 6 nitrogen and oxygen atoms in total. The summed E-state index contributed by atoms with van der Waals surface area (Å²) < 4.78 is 0.836. The Hall–Kier alpha value is -1.60. The summed E-state index contributed by atoms with van der Waals surface area (Å²) in [5.74, 6) is 1.24. The van der Waals surface area contributed by atoms with Crippen LogP contribution in [-0.2, 0) is 0 Å². The second kappa shape index (κ2) is 6.03. The SMILES string of the molecule is Nc1nc(Nc2ccc(Br)c(Cl)c2)nc(N2CCCC2)n1. The highest BCUT2D eigenvalue weighted by molar-refractivity contribution is 9.10. The van der Waals surface area contributed by atoms with Gasteiger partial charge in [-0.1, -0.05) is 11.6 Å². The fraction of sp³-hybridized carbons (Fsp3) is 0.308. The van der Waals surface area contributed by atoms with Crippen molar-refractivity contribution in [1.29, 1.82) is 0 Å². The maximum Gasteiger partial charge on any atom is 0.233 e. The Labute approximate surface area is 135 Å². The zero-order chi connectivity index (χ0) is 14.8. The quantitative estimate of drug-likeness (QED) is 0.865. The summed E-state index contributed by atoms with van der Waals surface area (Å²) in [6, 6.07) is 5.53. The molecule has 0 radical (unpaired) electrons. The molecule has 0 atom stereocenters. The molecule has 0 aliphatic carbocycles. The fourth-order valence-electron chi connectivity index (χ4n) is 2.20. The summed E-state index contributed by atoms with van der Waals surface area (Å²) >= 11 is 9.43. The third-order valence-electron chi connectivity index (χ3n) is 3.21. The van der Waals surface area contributed by atoms with Gasteiger partial charge in [0.1, 0.15) is 0 Å². The van der Waals surface area contributed by atoms with Crippen LogP contribution in [0.5, 0.6) is 0 Å². The highest BCUT2D eigenvalue weighted by Gasteiger charge is 2.16. The van der Waals surface area contributed by atoms with Crippen LogP contribution in [0.2, 0.25) is 5.02 Å². The van der Waals surface area contributed by atoms with E-state index < -0.39 is 0 Å². The van der Waals surface area contributed by atoms with E-state index in [2.05, 4.69) is 41.1 Å².